The van der Waals surface area contributed by atoms with Gasteiger partial charge in [0.2, 0.25) is 0 Å². The first kappa shape index (κ1) is 19.3. The van der Waals surface area contributed by atoms with Crippen molar-refractivity contribution in [2.24, 2.45) is 0 Å². The molecule has 0 aliphatic heterocycles. The monoisotopic (exact) mass is 374 g/mol. The highest BCUT2D eigenvalue weighted by Gasteiger charge is 2.20. The van der Waals surface area contributed by atoms with Crippen LogP contribution in [-0.4, -0.2) is 22.3 Å². The Balaban J connectivity index is 1.85. The summed E-state index contributed by atoms with van der Waals surface area (Å²) in [5.41, 5.74) is 3.00. The molecule has 1 amide bonds. The van der Waals surface area contributed by atoms with Gasteiger partial charge in [-0.25, -0.2) is 0 Å². The lowest BCUT2D eigenvalue weighted by Crippen LogP contribution is -2.32. The Labute approximate surface area is 164 Å². The molecule has 0 aromatic heterocycles. The first-order chi connectivity index (χ1) is 13.5. The van der Waals surface area contributed by atoms with Crippen molar-refractivity contribution in [3.05, 3.63) is 111 Å². The number of benzene rings is 3. The number of carbonyl (C=O) groups excluding carboxylic acids is 1. The van der Waals surface area contributed by atoms with Gasteiger partial charge in [-0.1, -0.05) is 66.7 Å². The lowest BCUT2D eigenvalue weighted by molar-refractivity contribution is -0.385. The molecule has 28 heavy (non-hydrogen) atoms. The van der Waals surface area contributed by atoms with Gasteiger partial charge in [0.05, 0.1) is 4.92 Å². The maximum atomic E-state index is 13.2. The fourth-order valence-electron chi connectivity index (χ4n) is 3.09. The van der Waals surface area contributed by atoms with Crippen LogP contribution in [0.5, 0.6) is 0 Å². The summed E-state index contributed by atoms with van der Waals surface area (Å²) in [4.78, 5) is 25.7. The first-order valence-corrected chi connectivity index (χ1v) is 9.17. The second-order valence-corrected chi connectivity index (χ2v) is 6.71. The zero-order valence-electron chi connectivity index (χ0n) is 15.7. The fourth-order valence-corrected chi connectivity index (χ4v) is 3.09. The molecular weight excluding hydrogens is 352 g/mol. The van der Waals surface area contributed by atoms with Crippen molar-refractivity contribution in [3.63, 3.8) is 0 Å². The number of carbonyl (C=O) groups is 1. The average molecular weight is 374 g/mol. The van der Waals surface area contributed by atoms with E-state index in [0.29, 0.717) is 30.6 Å². The van der Waals surface area contributed by atoms with Crippen LogP contribution in [0.25, 0.3) is 0 Å². The highest BCUT2D eigenvalue weighted by Crippen LogP contribution is 2.21. The van der Waals surface area contributed by atoms with Crippen LogP contribution in [0, 0.1) is 17.0 Å². The molecule has 3 aromatic carbocycles. The zero-order valence-corrected chi connectivity index (χ0v) is 15.7. The number of nitrogens with zero attached hydrogens (tertiary/aromatic N) is 2. The van der Waals surface area contributed by atoms with Crippen molar-refractivity contribution in [2.45, 2.75) is 19.9 Å². The van der Waals surface area contributed by atoms with Crippen LogP contribution in [0.3, 0.4) is 0 Å². The summed E-state index contributed by atoms with van der Waals surface area (Å²) < 4.78 is 0. The Morgan fingerprint density at radius 2 is 1.54 bits per heavy atom. The number of hydrogen-bond donors (Lipinski definition) is 0. The first-order valence-electron chi connectivity index (χ1n) is 9.17. The summed E-state index contributed by atoms with van der Waals surface area (Å²) in [6, 6.07) is 24.4. The quantitative estimate of drug-likeness (QED) is 0.441. The standard InChI is InChI=1S/C23H22N2O3/c1-18-12-13-21(16-22(18)25(27)28)23(26)24(17-20-10-6-3-7-11-20)15-14-19-8-4-2-5-9-19/h2-13,16H,14-15,17H2,1H3. The van der Waals surface area contributed by atoms with Crippen LogP contribution < -0.4 is 0 Å². The number of hydrogen-bond acceptors (Lipinski definition) is 3. The molecule has 0 spiro atoms. The van der Waals surface area contributed by atoms with Gasteiger partial charge in [-0.15, -0.1) is 0 Å². The molecule has 142 valence electrons. The van der Waals surface area contributed by atoms with Crippen molar-refractivity contribution >= 4 is 11.6 Å². The van der Waals surface area contributed by atoms with E-state index in [1.165, 1.54) is 6.07 Å². The predicted molar refractivity (Wildman–Crippen MR) is 109 cm³/mol. The average Bonchev–Trinajstić information content (AvgIpc) is 2.72. The van der Waals surface area contributed by atoms with E-state index in [4.69, 9.17) is 0 Å². The lowest BCUT2D eigenvalue weighted by atomic mass is 10.1. The minimum atomic E-state index is -0.447. The van der Waals surface area contributed by atoms with Gasteiger partial charge in [-0.3, -0.25) is 14.9 Å². The number of nitro benzene ring substituents is 1. The predicted octanol–water partition coefficient (Wildman–Crippen LogP) is 4.79. The molecule has 0 aliphatic carbocycles. The Bertz CT molecular complexity index is 956. The molecule has 5 heteroatoms. The third-order valence-corrected chi connectivity index (χ3v) is 4.67. The molecule has 5 nitrogen and oxygen atoms in total. The molecule has 0 fully saturated rings. The van der Waals surface area contributed by atoms with E-state index in [0.717, 1.165) is 11.1 Å². The van der Waals surface area contributed by atoms with E-state index < -0.39 is 4.92 Å². The molecule has 0 aliphatic rings. The Morgan fingerprint density at radius 3 is 2.14 bits per heavy atom. The SMILES string of the molecule is Cc1ccc(C(=O)N(CCc2ccccc2)Cc2ccccc2)cc1[N+](=O)[O-]. The van der Waals surface area contributed by atoms with E-state index in [-0.39, 0.29) is 11.6 Å². The van der Waals surface area contributed by atoms with Crippen molar-refractivity contribution in [2.75, 3.05) is 6.54 Å². The summed E-state index contributed by atoms with van der Waals surface area (Å²) in [5.74, 6) is -0.206. The van der Waals surface area contributed by atoms with Crippen LogP contribution in [-0.2, 0) is 13.0 Å². The number of amides is 1. The maximum Gasteiger partial charge on any atom is 0.273 e. The smallest absolute Gasteiger partial charge is 0.273 e. The molecule has 3 rings (SSSR count). The molecule has 0 bridgehead atoms. The summed E-state index contributed by atoms with van der Waals surface area (Å²) >= 11 is 0. The van der Waals surface area contributed by atoms with Gasteiger partial charge in [0.1, 0.15) is 0 Å². The van der Waals surface area contributed by atoms with Gasteiger partial charge in [0.15, 0.2) is 0 Å². The van der Waals surface area contributed by atoms with Gasteiger partial charge in [0.25, 0.3) is 11.6 Å². The minimum Gasteiger partial charge on any atom is -0.334 e. The molecule has 0 unspecified atom stereocenters. The minimum absolute atomic E-state index is 0.0337. The summed E-state index contributed by atoms with van der Waals surface area (Å²) in [6.07, 6.45) is 0.716. The number of nitro groups is 1. The normalized spacial score (nSPS) is 10.5. The van der Waals surface area contributed by atoms with Crippen molar-refractivity contribution in [1.82, 2.24) is 4.90 Å². The van der Waals surface area contributed by atoms with E-state index >= 15 is 0 Å². The van der Waals surface area contributed by atoms with E-state index in [1.54, 1.807) is 24.0 Å². The molecular formula is C23H22N2O3. The van der Waals surface area contributed by atoms with Crippen LogP contribution in [0.4, 0.5) is 5.69 Å². The fraction of sp³-hybridized carbons (Fsp3) is 0.174. The number of rotatable bonds is 7. The summed E-state index contributed by atoms with van der Waals surface area (Å²) in [6.45, 7) is 2.65. The zero-order chi connectivity index (χ0) is 19.9. The highest BCUT2D eigenvalue weighted by molar-refractivity contribution is 5.95. The van der Waals surface area contributed by atoms with Crippen LogP contribution in [0.1, 0.15) is 27.0 Å². The van der Waals surface area contributed by atoms with Gasteiger partial charge in [-0.05, 0) is 30.5 Å². The van der Waals surface area contributed by atoms with Gasteiger partial charge >= 0.3 is 0 Å². The maximum absolute atomic E-state index is 13.2. The molecule has 0 saturated carbocycles. The van der Waals surface area contributed by atoms with E-state index in [2.05, 4.69) is 0 Å². The second-order valence-electron chi connectivity index (χ2n) is 6.71. The molecule has 0 radical (unpaired) electrons. The number of aryl methyl sites for hydroxylation is 1. The molecule has 3 aromatic rings. The topological polar surface area (TPSA) is 63.5 Å². The van der Waals surface area contributed by atoms with E-state index in [9.17, 15) is 14.9 Å². The van der Waals surface area contributed by atoms with Crippen molar-refractivity contribution in [1.29, 1.82) is 0 Å². The van der Waals surface area contributed by atoms with Gasteiger partial charge < -0.3 is 4.90 Å². The van der Waals surface area contributed by atoms with Crippen LogP contribution in [0.15, 0.2) is 78.9 Å². The third kappa shape index (κ3) is 4.82. The summed E-state index contributed by atoms with van der Waals surface area (Å²) in [5, 5.41) is 11.2. The Hall–Kier alpha value is -3.47. The molecule has 0 saturated heterocycles. The summed E-state index contributed by atoms with van der Waals surface area (Å²) in [7, 11) is 0. The van der Waals surface area contributed by atoms with Gasteiger partial charge in [0, 0.05) is 30.3 Å². The Morgan fingerprint density at radius 1 is 0.929 bits per heavy atom. The van der Waals surface area contributed by atoms with Gasteiger partial charge in [-0.2, -0.15) is 0 Å². The second kappa shape index (κ2) is 8.95. The molecule has 0 N–H and O–H groups in total. The Kier molecular flexibility index (Phi) is 6.17. The van der Waals surface area contributed by atoms with Crippen molar-refractivity contribution in [3.8, 4) is 0 Å². The lowest BCUT2D eigenvalue weighted by Gasteiger charge is -2.23. The largest absolute Gasteiger partial charge is 0.334 e. The van der Waals surface area contributed by atoms with E-state index in [1.807, 2.05) is 60.7 Å². The van der Waals surface area contributed by atoms with Crippen LogP contribution in [0.2, 0.25) is 0 Å². The third-order valence-electron chi connectivity index (χ3n) is 4.67. The molecule has 0 heterocycles. The molecule has 0 atom stereocenters. The highest BCUT2D eigenvalue weighted by atomic mass is 16.6. The van der Waals surface area contributed by atoms with Crippen LogP contribution >= 0.6 is 0 Å². The van der Waals surface area contributed by atoms with Crippen molar-refractivity contribution < 1.29 is 9.72 Å².